The van der Waals surface area contributed by atoms with Gasteiger partial charge in [0.15, 0.2) is 0 Å². The van der Waals surface area contributed by atoms with Gasteiger partial charge in [-0.2, -0.15) is 0 Å². The molecule has 2 aliphatic carbocycles. The molecule has 4 heteroatoms. The normalized spacial score (nSPS) is 28.7. The van der Waals surface area contributed by atoms with E-state index in [2.05, 4.69) is 61.6 Å². The summed E-state index contributed by atoms with van der Waals surface area (Å²) in [4.78, 5) is 13.5. The van der Waals surface area contributed by atoms with Crippen LogP contribution in [0.1, 0.15) is 68.3 Å². The van der Waals surface area contributed by atoms with E-state index in [-0.39, 0.29) is 17.4 Å². The van der Waals surface area contributed by atoms with E-state index in [1.807, 2.05) is 24.3 Å². The topological polar surface area (TPSA) is 38.3 Å². The van der Waals surface area contributed by atoms with Crippen LogP contribution in [0.25, 0.3) is 10.8 Å². The van der Waals surface area contributed by atoms with Crippen molar-refractivity contribution >= 4 is 16.7 Å². The second-order valence-corrected chi connectivity index (χ2v) is 13.3. The zero-order valence-electron chi connectivity index (χ0n) is 24.0. The van der Waals surface area contributed by atoms with Crippen LogP contribution in [0, 0.1) is 17.8 Å². The summed E-state index contributed by atoms with van der Waals surface area (Å²) in [5.74, 6) is 3.27. The maximum atomic E-state index is 13.5. The van der Waals surface area contributed by atoms with Crippen molar-refractivity contribution in [2.45, 2.75) is 63.8 Å². The number of benzene rings is 3. The lowest BCUT2D eigenvalue weighted by molar-refractivity contribution is -0.942. The van der Waals surface area contributed by atoms with Gasteiger partial charge in [-0.15, -0.1) is 0 Å². The lowest BCUT2D eigenvalue weighted by Crippen LogP contribution is -2.64. The quantitative estimate of drug-likeness (QED) is 0.323. The molecule has 39 heavy (non-hydrogen) atoms. The molecule has 0 bridgehead atoms. The molecular weight excluding hydrogens is 480 g/mol. The maximum absolute atomic E-state index is 13.5. The van der Waals surface area contributed by atoms with Gasteiger partial charge in [0.05, 0.1) is 33.3 Å². The highest BCUT2D eigenvalue weighted by molar-refractivity contribution is 5.98. The third-order valence-corrected chi connectivity index (χ3v) is 9.98. The molecule has 1 N–H and O–H groups in total. The van der Waals surface area contributed by atoms with Crippen molar-refractivity contribution in [3.05, 3.63) is 77.9 Å². The number of quaternary nitrogens is 1. The van der Waals surface area contributed by atoms with E-state index in [4.69, 9.17) is 4.74 Å². The predicted octanol–water partition coefficient (Wildman–Crippen LogP) is 6.97. The van der Waals surface area contributed by atoms with Gasteiger partial charge in [0.1, 0.15) is 5.75 Å². The van der Waals surface area contributed by atoms with Gasteiger partial charge in [0.25, 0.3) is 5.91 Å². The number of ether oxygens (including phenoxy) is 1. The van der Waals surface area contributed by atoms with E-state index in [0.29, 0.717) is 11.8 Å². The minimum Gasteiger partial charge on any atom is -0.497 e. The first-order valence-corrected chi connectivity index (χ1v) is 15.2. The van der Waals surface area contributed by atoms with Gasteiger partial charge >= 0.3 is 0 Å². The average molecular weight is 526 g/mol. The summed E-state index contributed by atoms with van der Waals surface area (Å²) < 4.78 is 6.99. The van der Waals surface area contributed by atoms with Crippen LogP contribution in [0.5, 0.6) is 5.75 Å². The molecule has 206 valence electrons. The Morgan fingerprint density at radius 2 is 1.82 bits per heavy atom. The van der Waals surface area contributed by atoms with Gasteiger partial charge < -0.3 is 14.5 Å². The minimum atomic E-state index is 0.0551. The van der Waals surface area contributed by atoms with Crippen molar-refractivity contribution in [1.29, 1.82) is 0 Å². The molecule has 0 aromatic heterocycles. The van der Waals surface area contributed by atoms with Gasteiger partial charge in [-0.3, -0.25) is 4.79 Å². The molecule has 3 aliphatic rings. The second-order valence-electron chi connectivity index (χ2n) is 13.3. The molecule has 0 radical (unpaired) electrons. The number of methoxy groups -OCH3 is 1. The van der Waals surface area contributed by atoms with Crippen molar-refractivity contribution in [1.82, 2.24) is 5.32 Å². The van der Waals surface area contributed by atoms with Crippen molar-refractivity contribution < 1.29 is 14.0 Å². The number of nitrogens with zero attached hydrogens (tertiary/aromatic N) is 1. The monoisotopic (exact) mass is 525 g/mol. The van der Waals surface area contributed by atoms with Crippen molar-refractivity contribution in [2.24, 2.45) is 17.8 Å². The van der Waals surface area contributed by atoms with E-state index in [0.717, 1.165) is 35.5 Å². The van der Waals surface area contributed by atoms with Gasteiger partial charge in [-0.05, 0) is 72.7 Å². The Kier molecular flexibility index (Phi) is 7.18. The van der Waals surface area contributed by atoms with Gasteiger partial charge in [0.2, 0.25) is 0 Å². The van der Waals surface area contributed by atoms with Crippen LogP contribution in [-0.4, -0.2) is 49.7 Å². The Bertz CT molecular complexity index is 1320. The summed E-state index contributed by atoms with van der Waals surface area (Å²) in [5, 5.41) is 5.76. The molecule has 1 heterocycles. The standard InChI is InChI=1S/C35H44N2O2/c1-25(2)22-37(23-26-11-12-26)18-17-35(30-9-6-10-33(20-30)39-3)21-32(16-15-31(35)24-37)36-34(38)29-14-13-27-7-4-5-8-28(27)19-29/h4-10,13-14,19-20,25-26,31-32H,11-12,15-18,21-24H2,1-3H3/p+1/t31?,32-,35+,37-/m0/s1. The first-order chi connectivity index (χ1) is 18.9. The first-order valence-electron chi connectivity index (χ1n) is 15.2. The van der Waals surface area contributed by atoms with Crippen LogP contribution in [0.2, 0.25) is 0 Å². The lowest BCUT2D eigenvalue weighted by Gasteiger charge is -2.57. The zero-order chi connectivity index (χ0) is 27.0. The number of amides is 1. The van der Waals surface area contributed by atoms with Crippen LogP contribution >= 0.6 is 0 Å². The number of fused-ring (bicyclic) bond motifs is 2. The Balaban J connectivity index is 1.27. The Morgan fingerprint density at radius 1 is 1.00 bits per heavy atom. The number of piperidine rings is 1. The van der Waals surface area contributed by atoms with Crippen molar-refractivity contribution in [2.75, 3.05) is 33.3 Å². The van der Waals surface area contributed by atoms with E-state index < -0.39 is 0 Å². The van der Waals surface area contributed by atoms with Gasteiger partial charge in [0, 0.05) is 41.2 Å². The minimum absolute atomic E-state index is 0.0551. The van der Waals surface area contributed by atoms with Gasteiger partial charge in [-0.1, -0.05) is 56.3 Å². The zero-order valence-corrected chi connectivity index (χ0v) is 24.0. The fourth-order valence-electron chi connectivity index (χ4n) is 8.14. The molecule has 3 aromatic rings. The molecule has 1 amide bonds. The SMILES string of the molecule is COc1cccc([C@]23CC[N@+](CC(C)C)(CC4CC4)CC2CC[C@H](NC(=O)c2ccc4ccccc4c2)C3)c1. The lowest BCUT2D eigenvalue weighted by atomic mass is 9.57. The molecule has 4 nitrogen and oxygen atoms in total. The summed E-state index contributed by atoms with van der Waals surface area (Å²) >= 11 is 0. The summed E-state index contributed by atoms with van der Waals surface area (Å²) in [5.41, 5.74) is 2.24. The largest absolute Gasteiger partial charge is 0.497 e. The third-order valence-electron chi connectivity index (χ3n) is 9.98. The molecule has 6 rings (SSSR count). The summed E-state index contributed by atoms with van der Waals surface area (Å²) in [6, 6.07) is 23.3. The highest BCUT2D eigenvalue weighted by Gasteiger charge is 2.54. The molecular formula is C35H45N2O2+. The summed E-state index contributed by atoms with van der Waals surface area (Å²) in [7, 11) is 1.77. The molecule has 1 unspecified atom stereocenters. The van der Waals surface area contributed by atoms with Crippen LogP contribution in [0.15, 0.2) is 66.7 Å². The van der Waals surface area contributed by atoms with E-state index in [9.17, 15) is 4.79 Å². The highest BCUT2D eigenvalue weighted by Crippen LogP contribution is 2.52. The van der Waals surface area contributed by atoms with E-state index >= 15 is 0 Å². The average Bonchev–Trinajstić information content (AvgIpc) is 3.76. The van der Waals surface area contributed by atoms with Crippen LogP contribution in [-0.2, 0) is 5.41 Å². The predicted molar refractivity (Wildman–Crippen MR) is 159 cm³/mol. The molecule has 3 aromatic carbocycles. The Morgan fingerprint density at radius 3 is 2.59 bits per heavy atom. The second kappa shape index (κ2) is 10.6. The van der Waals surface area contributed by atoms with Crippen LogP contribution in [0.3, 0.4) is 0 Å². The molecule has 1 aliphatic heterocycles. The van der Waals surface area contributed by atoms with E-state index in [1.165, 1.54) is 67.3 Å². The Labute approximate surface area is 234 Å². The highest BCUT2D eigenvalue weighted by atomic mass is 16.5. The summed E-state index contributed by atoms with van der Waals surface area (Å²) in [6.45, 7) is 9.98. The van der Waals surface area contributed by atoms with Crippen LogP contribution in [0.4, 0.5) is 0 Å². The number of rotatable bonds is 8. The molecule has 0 spiro atoms. The summed E-state index contributed by atoms with van der Waals surface area (Å²) in [6.07, 6.45) is 7.27. The Hall–Kier alpha value is -2.85. The third kappa shape index (κ3) is 5.45. The number of likely N-dealkylation sites (tertiary alicyclic amines) is 1. The maximum Gasteiger partial charge on any atom is 0.251 e. The number of carbonyl (C=O) groups is 1. The van der Waals surface area contributed by atoms with Crippen molar-refractivity contribution in [3.8, 4) is 5.75 Å². The molecule has 3 fully saturated rings. The van der Waals surface area contributed by atoms with Crippen LogP contribution < -0.4 is 10.1 Å². The number of hydrogen-bond acceptors (Lipinski definition) is 2. The van der Waals surface area contributed by atoms with Crippen molar-refractivity contribution in [3.63, 3.8) is 0 Å². The number of carbonyl (C=O) groups excluding carboxylic acids is 1. The fraction of sp³-hybridized carbons (Fsp3) is 0.514. The number of nitrogens with one attached hydrogen (secondary N) is 1. The number of hydrogen-bond donors (Lipinski definition) is 1. The molecule has 4 atom stereocenters. The molecule has 2 saturated carbocycles. The fourth-order valence-corrected chi connectivity index (χ4v) is 8.14. The molecule has 1 saturated heterocycles. The first kappa shape index (κ1) is 26.4. The van der Waals surface area contributed by atoms with Gasteiger partial charge in [-0.25, -0.2) is 0 Å². The smallest absolute Gasteiger partial charge is 0.251 e. The van der Waals surface area contributed by atoms with E-state index in [1.54, 1.807) is 7.11 Å².